The molecule has 0 unspecified atom stereocenters. The SMILES string of the molecule is Cc1ccc(NC(=O)Nc2cc3c(=O)n(CC4(O)CCN(C(=O)C5CC5)CC4)cnn3c2)cc1. The molecule has 3 aromatic rings. The van der Waals surface area contributed by atoms with Crippen molar-refractivity contribution in [1.29, 1.82) is 0 Å². The number of anilines is 2. The summed E-state index contributed by atoms with van der Waals surface area (Å²) in [6.07, 6.45) is 5.70. The predicted octanol–water partition coefficient (Wildman–Crippen LogP) is 2.21. The molecule has 178 valence electrons. The Morgan fingerprint density at radius 1 is 1.12 bits per heavy atom. The van der Waals surface area contributed by atoms with Gasteiger partial charge in [0.25, 0.3) is 5.56 Å². The predicted molar refractivity (Wildman–Crippen MR) is 127 cm³/mol. The topological polar surface area (TPSA) is 121 Å². The van der Waals surface area contributed by atoms with Crippen LogP contribution in [0.3, 0.4) is 0 Å². The number of nitrogens with zero attached hydrogens (tertiary/aromatic N) is 4. The molecular formula is C24H28N6O4. The van der Waals surface area contributed by atoms with Crippen molar-refractivity contribution in [3.63, 3.8) is 0 Å². The van der Waals surface area contributed by atoms with E-state index in [1.54, 1.807) is 12.3 Å². The van der Waals surface area contributed by atoms with E-state index < -0.39 is 11.6 Å². The van der Waals surface area contributed by atoms with Gasteiger partial charge >= 0.3 is 6.03 Å². The number of amides is 3. The zero-order valence-corrected chi connectivity index (χ0v) is 19.0. The van der Waals surface area contributed by atoms with Crippen LogP contribution in [0.2, 0.25) is 0 Å². The lowest BCUT2D eigenvalue weighted by molar-refractivity contribution is -0.137. The number of benzene rings is 1. The van der Waals surface area contributed by atoms with Crippen molar-refractivity contribution >= 4 is 28.8 Å². The number of fused-ring (bicyclic) bond motifs is 1. The summed E-state index contributed by atoms with van der Waals surface area (Å²) < 4.78 is 2.80. The van der Waals surface area contributed by atoms with E-state index in [1.165, 1.54) is 15.4 Å². The van der Waals surface area contributed by atoms with Gasteiger partial charge < -0.3 is 20.6 Å². The van der Waals surface area contributed by atoms with Gasteiger partial charge in [0.15, 0.2) is 0 Å². The van der Waals surface area contributed by atoms with Crippen LogP contribution < -0.4 is 16.2 Å². The molecule has 10 heteroatoms. The molecule has 1 aromatic carbocycles. The van der Waals surface area contributed by atoms with E-state index in [0.717, 1.165) is 18.4 Å². The molecule has 2 aromatic heterocycles. The molecule has 0 spiro atoms. The molecular weight excluding hydrogens is 436 g/mol. The van der Waals surface area contributed by atoms with E-state index in [0.29, 0.717) is 37.3 Å². The fourth-order valence-electron chi connectivity index (χ4n) is 4.34. The van der Waals surface area contributed by atoms with Gasteiger partial charge in [-0.05, 0) is 50.8 Å². The normalized spacial score (nSPS) is 17.5. The molecule has 0 atom stereocenters. The number of rotatable bonds is 5. The van der Waals surface area contributed by atoms with Gasteiger partial charge in [0.05, 0.1) is 24.0 Å². The summed E-state index contributed by atoms with van der Waals surface area (Å²) in [5, 5.41) is 20.8. The van der Waals surface area contributed by atoms with Crippen LogP contribution in [0.25, 0.3) is 5.52 Å². The molecule has 34 heavy (non-hydrogen) atoms. The summed E-state index contributed by atoms with van der Waals surface area (Å²) in [5.74, 6) is 0.346. The number of aryl methyl sites for hydroxylation is 1. The van der Waals surface area contributed by atoms with Crippen LogP contribution in [0.5, 0.6) is 0 Å². The molecule has 10 nitrogen and oxygen atoms in total. The van der Waals surface area contributed by atoms with Crippen LogP contribution in [-0.4, -0.2) is 54.8 Å². The minimum Gasteiger partial charge on any atom is -0.388 e. The first-order valence-electron chi connectivity index (χ1n) is 11.5. The highest BCUT2D eigenvalue weighted by Gasteiger charge is 2.39. The minimum absolute atomic E-state index is 0.0998. The van der Waals surface area contributed by atoms with Crippen LogP contribution >= 0.6 is 0 Å². The second-order valence-corrected chi connectivity index (χ2v) is 9.39. The van der Waals surface area contributed by atoms with E-state index in [9.17, 15) is 19.5 Å². The van der Waals surface area contributed by atoms with E-state index in [2.05, 4.69) is 15.7 Å². The van der Waals surface area contributed by atoms with E-state index >= 15 is 0 Å². The Hall–Kier alpha value is -3.66. The number of piperidine rings is 1. The van der Waals surface area contributed by atoms with Crippen LogP contribution in [0.4, 0.5) is 16.2 Å². The second-order valence-electron chi connectivity index (χ2n) is 9.39. The van der Waals surface area contributed by atoms with Crippen molar-refractivity contribution in [2.24, 2.45) is 5.92 Å². The number of carbonyl (C=O) groups excluding carboxylic acids is 2. The Balaban J connectivity index is 1.25. The molecule has 0 bridgehead atoms. The van der Waals surface area contributed by atoms with Crippen molar-refractivity contribution in [3.05, 3.63) is 58.8 Å². The number of carbonyl (C=O) groups is 2. The van der Waals surface area contributed by atoms with Crippen LogP contribution in [0.1, 0.15) is 31.2 Å². The average Bonchev–Trinajstić information content (AvgIpc) is 3.58. The molecule has 1 aliphatic heterocycles. The molecule has 1 saturated carbocycles. The monoisotopic (exact) mass is 464 g/mol. The molecule has 3 heterocycles. The molecule has 2 aliphatic rings. The Morgan fingerprint density at radius 2 is 1.79 bits per heavy atom. The van der Waals surface area contributed by atoms with Crippen molar-refractivity contribution < 1.29 is 14.7 Å². The summed E-state index contributed by atoms with van der Waals surface area (Å²) in [6.45, 7) is 3.05. The van der Waals surface area contributed by atoms with Gasteiger partial charge in [-0.2, -0.15) is 5.10 Å². The van der Waals surface area contributed by atoms with Gasteiger partial charge in [0.2, 0.25) is 5.91 Å². The first kappa shape index (κ1) is 22.1. The summed E-state index contributed by atoms with van der Waals surface area (Å²) >= 11 is 0. The smallest absolute Gasteiger partial charge is 0.323 e. The van der Waals surface area contributed by atoms with Gasteiger partial charge in [0, 0.05) is 24.7 Å². The third-order valence-corrected chi connectivity index (χ3v) is 6.56. The number of likely N-dealkylation sites (tertiary alicyclic amines) is 1. The van der Waals surface area contributed by atoms with Crippen molar-refractivity contribution in [3.8, 4) is 0 Å². The Labute approximate surface area is 196 Å². The highest BCUT2D eigenvalue weighted by molar-refractivity contribution is 6.00. The lowest BCUT2D eigenvalue weighted by Gasteiger charge is -2.38. The van der Waals surface area contributed by atoms with Gasteiger partial charge in [-0.3, -0.25) is 14.2 Å². The number of nitrogens with one attached hydrogen (secondary N) is 2. The summed E-state index contributed by atoms with van der Waals surface area (Å²) in [6, 6.07) is 8.54. The minimum atomic E-state index is -1.08. The van der Waals surface area contributed by atoms with Crippen molar-refractivity contribution in [2.75, 3.05) is 23.7 Å². The maximum atomic E-state index is 13.0. The number of hydrogen-bond acceptors (Lipinski definition) is 5. The Morgan fingerprint density at radius 3 is 2.47 bits per heavy atom. The highest BCUT2D eigenvalue weighted by atomic mass is 16.3. The molecule has 3 N–H and O–H groups in total. The number of urea groups is 1. The largest absolute Gasteiger partial charge is 0.388 e. The van der Waals surface area contributed by atoms with Gasteiger partial charge in [0.1, 0.15) is 11.8 Å². The van der Waals surface area contributed by atoms with Crippen LogP contribution in [-0.2, 0) is 11.3 Å². The lowest BCUT2D eigenvalue weighted by Crippen LogP contribution is -2.50. The fraction of sp³-hybridized carbons (Fsp3) is 0.417. The van der Waals surface area contributed by atoms with Crippen LogP contribution in [0, 0.1) is 12.8 Å². The first-order valence-corrected chi connectivity index (χ1v) is 11.5. The molecule has 0 radical (unpaired) electrons. The van der Waals surface area contributed by atoms with Gasteiger partial charge in [-0.15, -0.1) is 0 Å². The molecule has 3 amide bonds. The summed E-state index contributed by atoms with van der Waals surface area (Å²) in [7, 11) is 0. The third kappa shape index (κ3) is 4.67. The molecule has 5 rings (SSSR count). The third-order valence-electron chi connectivity index (χ3n) is 6.56. The Bertz CT molecular complexity index is 1280. The van der Waals surface area contributed by atoms with Gasteiger partial charge in [-0.1, -0.05) is 17.7 Å². The number of aliphatic hydroxyl groups is 1. The maximum absolute atomic E-state index is 13.0. The van der Waals surface area contributed by atoms with E-state index in [-0.39, 0.29) is 29.4 Å². The quantitative estimate of drug-likeness (QED) is 0.535. The Kier molecular flexibility index (Phi) is 5.60. The molecule has 1 aliphatic carbocycles. The highest BCUT2D eigenvalue weighted by Crippen LogP contribution is 2.33. The first-order chi connectivity index (χ1) is 16.3. The molecule has 1 saturated heterocycles. The van der Waals surface area contributed by atoms with Crippen LogP contribution in [0.15, 0.2) is 47.7 Å². The standard InChI is InChI=1S/C24H28N6O4/c1-16-2-6-18(7-3-16)26-23(33)27-19-12-20-22(32)29(15-25-30(20)13-19)14-24(34)8-10-28(11-9-24)21(31)17-4-5-17/h2-3,6-7,12-13,15,17,34H,4-5,8-11,14H2,1H3,(H2,26,27,33). The van der Waals surface area contributed by atoms with E-state index in [4.69, 9.17) is 0 Å². The second kappa shape index (κ2) is 8.60. The fourth-order valence-corrected chi connectivity index (χ4v) is 4.34. The lowest BCUT2D eigenvalue weighted by atomic mass is 9.91. The maximum Gasteiger partial charge on any atom is 0.323 e. The average molecular weight is 465 g/mol. The van der Waals surface area contributed by atoms with E-state index in [1.807, 2.05) is 36.1 Å². The van der Waals surface area contributed by atoms with Crippen molar-refractivity contribution in [2.45, 2.75) is 44.8 Å². The zero-order valence-electron chi connectivity index (χ0n) is 19.0. The molecule has 2 fully saturated rings. The number of hydrogen-bond donors (Lipinski definition) is 3. The number of aromatic nitrogens is 3. The van der Waals surface area contributed by atoms with Crippen molar-refractivity contribution in [1.82, 2.24) is 19.1 Å². The zero-order chi connectivity index (χ0) is 23.9. The van der Waals surface area contributed by atoms with Gasteiger partial charge in [-0.25, -0.2) is 9.31 Å². The summed E-state index contributed by atoms with van der Waals surface area (Å²) in [4.78, 5) is 39.4. The summed E-state index contributed by atoms with van der Waals surface area (Å²) in [5.41, 5.74) is 1.08.